The molecule has 128 valence electrons. The number of benzene rings is 2. The highest BCUT2D eigenvalue weighted by molar-refractivity contribution is 5.94. The number of rotatable bonds is 5. The minimum atomic E-state index is -0.0572. The molecule has 0 bridgehead atoms. The fourth-order valence-electron chi connectivity index (χ4n) is 3.08. The first-order valence-corrected chi connectivity index (χ1v) is 8.43. The van der Waals surface area contributed by atoms with Gasteiger partial charge in [0.15, 0.2) is 0 Å². The molecule has 2 N–H and O–H groups in total. The van der Waals surface area contributed by atoms with E-state index in [-0.39, 0.29) is 12.5 Å². The molecule has 0 aliphatic rings. The molecule has 3 aromatic rings. The Morgan fingerprint density at radius 1 is 1.08 bits per heavy atom. The number of hydrogen-bond acceptors (Lipinski definition) is 3. The van der Waals surface area contributed by atoms with E-state index in [1.807, 2.05) is 62.4 Å². The summed E-state index contributed by atoms with van der Waals surface area (Å²) in [6.45, 7) is 4.12. The number of hydrogen-bond donors (Lipinski definition) is 2. The second-order valence-corrected chi connectivity index (χ2v) is 6.21. The summed E-state index contributed by atoms with van der Waals surface area (Å²) < 4.78 is 0. The van der Waals surface area contributed by atoms with Crippen molar-refractivity contribution in [2.45, 2.75) is 26.7 Å². The maximum Gasteiger partial charge on any atom is 0.228 e. The van der Waals surface area contributed by atoms with E-state index >= 15 is 0 Å². The summed E-state index contributed by atoms with van der Waals surface area (Å²) in [7, 11) is 0. The van der Waals surface area contributed by atoms with Crippen LogP contribution in [-0.2, 0) is 17.6 Å². The molecule has 1 heterocycles. The average Bonchev–Trinajstić information content (AvgIpc) is 2.60. The highest BCUT2D eigenvalue weighted by atomic mass is 16.2. The fourth-order valence-corrected chi connectivity index (χ4v) is 3.08. The molecule has 25 heavy (non-hydrogen) atoms. The second-order valence-electron chi connectivity index (χ2n) is 6.21. The van der Waals surface area contributed by atoms with Gasteiger partial charge in [0.2, 0.25) is 5.91 Å². The minimum absolute atomic E-state index is 0.0572. The van der Waals surface area contributed by atoms with Crippen molar-refractivity contribution in [3.63, 3.8) is 0 Å². The number of carbonyl (C=O) groups excluding carboxylic acids is 1. The number of fused-ring (bicyclic) bond motifs is 1. The molecule has 0 spiro atoms. The summed E-state index contributed by atoms with van der Waals surface area (Å²) in [5.41, 5.74) is 5.75. The molecule has 0 aliphatic carbocycles. The number of aromatic nitrogens is 1. The van der Waals surface area contributed by atoms with Gasteiger partial charge in [-0.1, -0.05) is 30.3 Å². The maximum absolute atomic E-state index is 12.5. The van der Waals surface area contributed by atoms with Crippen LogP contribution in [0.4, 0.5) is 5.69 Å². The Bertz CT molecular complexity index is 902. The van der Waals surface area contributed by atoms with Crippen molar-refractivity contribution < 1.29 is 9.90 Å². The van der Waals surface area contributed by atoms with E-state index in [9.17, 15) is 4.79 Å². The molecule has 2 aromatic carbocycles. The largest absolute Gasteiger partial charge is 0.396 e. The average molecular weight is 334 g/mol. The monoisotopic (exact) mass is 334 g/mol. The first-order valence-electron chi connectivity index (χ1n) is 8.43. The first-order chi connectivity index (χ1) is 12.1. The van der Waals surface area contributed by atoms with Gasteiger partial charge in [0.05, 0.1) is 11.9 Å². The predicted octanol–water partition coefficient (Wildman–Crippen LogP) is 3.57. The SMILES string of the molecule is Cc1nc2ccccc2c(C)c1CC(=O)Nc1ccc(CCO)cc1. The van der Waals surface area contributed by atoms with Crippen molar-refractivity contribution in [3.05, 3.63) is 70.9 Å². The lowest BCUT2D eigenvalue weighted by Crippen LogP contribution is -2.16. The topological polar surface area (TPSA) is 62.2 Å². The third kappa shape index (κ3) is 3.86. The number of amides is 1. The van der Waals surface area contributed by atoms with Crippen LogP contribution in [0, 0.1) is 13.8 Å². The lowest BCUT2D eigenvalue weighted by atomic mass is 9.99. The van der Waals surface area contributed by atoms with Gasteiger partial charge in [-0.2, -0.15) is 0 Å². The van der Waals surface area contributed by atoms with Gasteiger partial charge in [-0.15, -0.1) is 0 Å². The number of aliphatic hydroxyl groups is 1. The van der Waals surface area contributed by atoms with Gasteiger partial charge in [-0.25, -0.2) is 0 Å². The summed E-state index contributed by atoms with van der Waals surface area (Å²) in [6.07, 6.45) is 0.920. The van der Waals surface area contributed by atoms with E-state index in [0.717, 1.165) is 39.0 Å². The molecule has 0 saturated heterocycles. The number of carbonyl (C=O) groups is 1. The molecule has 0 saturated carbocycles. The van der Waals surface area contributed by atoms with Crippen molar-refractivity contribution in [2.24, 2.45) is 0 Å². The van der Waals surface area contributed by atoms with Crippen LogP contribution >= 0.6 is 0 Å². The third-order valence-corrected chi connectivity index (χ3v) is 4.46. The molecule has 3 rings (SSSR count). The zero-order valence-electron chi connectivity index (χ0n) is 14.5. The normalized spacial score (nSPS) is 10.8. The lowest BCUT2D eigenvalue weighted by molar-refractivity contribution is -0.115. The van der Waals surface area contributed by atoms with E-state index in [1.54, 1.807) is 0 Å². The summed E-state index contributed by atoms with van der Waals surface area (Å²) in [5, 5.41) is 13.0. The van der Waals surface area contributed by atoms with Crippen molar-refractivity contribution in [2.75, 3.05) is 11.9 Å². The quantitative estimate of drug-likeness (QED) is 0.750. The maximum atomic E-state index is 12.5. The van der Waals surface area contributed by atoms with Crippen molar-refractivity contribution in [3.8, 4) is 0 Å². The molecule has 0 unspecified atom stereocenters. The van der Waals surface area contributed by atoms with E-state index in [1.165, 1.54) is 0 Å². The summed E-state index contributed by atoms with van der Waals surface area (Å²) in [6, 6.07) is 15.6. The van der Waals surface area contributed by atoms with E-state index in [0.29, 0.717) is 12.8 Å². The van der Waals surface area contributed by atoms with Gasteiger partial charge in [-0.3, -0.25) is 9.78 Å². The minimum Gasteiger partial charge on any atom is -0.396 e. The van der Waals surface area contributed by atoms with Gasteiger partial charge in [0, 0.05) is 23.4 Å². The Balaban J connectivity index is 1.77. The summed E-state index contributed by atoms with van der Waals surface area (Å²) >= 11 is 0. The number of pyridine rings is 1. The Hall–Kier alpha value is -2.72. The van der Waals surface area contributed by atoms with Crippen LogP contribution in [0.15, 0.2) is 48.5 Å². The van der Waals surface area contributed by atoms with Crippen molar-refractivity contribution in [1.29, 1.82) is 0 Å². The van der Waals surface area contributed by atoms with Gasteiger partial charge in [-0.05, 0) is 55.2 Å². The molecule has 4 heteroatoms. The molecule has 1 aromatic heterocycles. The number of aryl methyl sites for hydroxylation is 2. The third-order valence-electron chi connectivity index (χ3n) is 4.46. The lowest BCUT2D eigenvalue weighted by Gasteiger charge is -2.13. The molecule has 0 radical (unpaired) electrons. The van der Waals surface area contributed by atoms with Gasteiger partial charge < -0.3 is 10.4 Å². The van der Waals surface area contributed by atoms with Crippen LogP contribution in [-0.4, -0.2) is 22.6 Å². The van der Waals surface area contributed by atoms with Crippen molar-refractivity contribution >= 4 is 22.5 Å². The molecule has 4 nitrogen and oxygen atoms in total. The summed E-state index contributed by atoms with van der Waals surface area (Å²) in [4.78, 5) is 17.1. The smallest absolute Gasteiger partial charge is 0.228 e. The van der Waals surface area contributed by atoms with E-state index < -0.39 is 0 Å². The highest BCUT2D eigenvalue weighted by Crippen LogP contribution is 2.23. The first kappa shape index (κ1) is 17.1. The number of nitrogens with one attached hydrogen (secondary N) is 1. The van der Waals surface area contributed by atoms with Crippen LogP contribution in [0.25, 0.3) is 10.9 Å². The number of aliphatic hydroxyl groups excluding tert-OH is 1. The molecular weight excluding hydrogens is 312 g/mol. The van der Waals surface area contributed by atoms with E-state index in [2.05, 4.69) is 10.3 Å². The Morgan fingerprint density at radius 3 is 2.52 bits per heavy atom. The molecule has 0 aliphatic heterocycles. The van der Waals surface area contributed by atoms with Crippen molar-refractivity contribution in [1.82, 2.24) is 4.98 Å². The van der Waals surface area contributed by atoms with Gasteiger partial charge in [0.25, 0.3) is 0 Å². The molecule has 0 atom stereocenters. The highest BCUT2D eigenvalue weighted by Gasteiger charge is 2.13. The van der Waals surface area contributed by atoms with Crippen LogP contribution < -0.4 is 5.32 Å². The van der Waals surface area contributed by atoms with Crippen LogP contribution in [0.1, 0.15) is 22.4 Å². The number of para-hydroxylation sites is 1. The Kier molecular flexibility index (Phi) is 5.10. The predicted molar refractivity (Wildman–Crippen MR) is 101 cm³/mol. The summed E-state index contributed by atoms with van der Waals surface area (Å²) in [5.74, 6) is -0.0572. The number of nitrogens with zero attached hydrogens (tertiary/aromatic N) is 1. The van der Waals surface area contributed by atoms with Gasteiger partial charge >= 0.3 is 0 Å². The molecule has 1 amide bonds. The Labute approximate surface area is 147 Å². The fraction of sp³-hybridized carbons (Fsp3) is 0.238. The zero-order valence-corrected chi connectivity index (χ0v) is 14.5. The standard InChI is InChI=1S/C21H22N2O2/c1-14-18-5-3-4-6-20(18)22-15(2)19(14)13-21(25)23-17-9-7-16(8-10-17)11-12-24/h3-10,24H,11-13H2,1-2H3,(H,23,25). The van der Waals surface area contributed by atoms with Crippen LogP contribution in [0.3, 0.4) is 0 Å². The van der Waals surface area contributed by atoms with E-state index in [4.69, 9.17) is 5.11 Å². The second kappa shape index (κ2) is 7.45. The Morgan fingerprint density at radius 2 is 1.80 bits per heavy atom. The molecule has 0 fully saturated rings. The zero-order chi connectivity index (χ0) is 17.8. The van der Waals surface area contributed by atoms with Crippen LogP contribution in [0.5, 0.6) is 0 Å². The van der Waals surface area contributed by atoms with Crippen LogP contribution in [0.2, 0.25) is 0 Å². The molecular formula is C21H22N2O2. The number of anilines is 1. The van der Waals surface area contributed by atoms with Gasteiger partial charge in [0.1, 0.15) is 0 Å².